The molecule has 0 aliphatic carbocycles. The molecular weight excluding hydrogens is 394 g/mol. The lowest BCUT2D eigenvalue weighted by molar-refractivity contribution is -0.132. The van der Waals surface area contributed by atoms with E-state index < -0.39 is 0 Å². The molecule has 0 bridgehead atoms. The van der Waals surface area contributed by atoms with Gasteiger partial charge in [0.1, 0.15) is 0 Å². The van der Waals surface area contributed by atoms with Crippen LogP contribution in [0.25, 0.3) is 10.9 Å². The maximum atomic E-state index is 13.0. The molecule has 7 heteroatoms. The molecule has 1 aromatic heterocycles. The summed E-state index contributed by atoms with van der Waals surface area (Å²) in [5.41, 5.74) is 0.523. The summed E-state index contributed by atoms with van der Waals surface area (Å²) in [5, 5.41) is 1.65. The third-order valence-electron chi connectivity index (χ3n) is 5.17. The molecule has 0 spiro atoms. The molecule has 2 aromatic rings. The van der Waals surface area contributed by atoms with Crippen molar-refractivity contribution in [2.45, 2.75) is 64.2 Å². The second-order valence-corrected chi connectivity index (χ2v) is 9.18. The van der Waals surface area contributed by atoms with Gasteiger partial charge in [-0.25, -0.2) is 4.98 Å². The first-order chi connectivity index (χ1) is 13.4. The largest absolute Gasteiger partial charge is 0.339 e. The zero-order valence-electron chi connectivity index (χ0n) is 16.8. The molecular formula is C21H28ClN3O2S. The van der Waals surface area contributed by atoms with Crippen LogP contribution in [0.3, 0.4) is 0 Å². The van der Waals surface area contributed by atoms with E-state index in [1.807, 2.05) is 4.90 Å². The zero-order valence-corrected chi connectivity index (χ0v) is 18.4. The van der Waals surface area contributed by atoms with Gasteiger partial charge in [-0.3, -0.25) is 14.2 Å². The number of nitrogens with zero attached hydrogens (tertiary/aromatic N) is 3. The topological polar surface area (TPSA) is 55.2 Å². The van der Waals surface area contributed by atoms with E-state index in [4.69, 9.17) is 11.6 Å². The summed E-state index contributed by atoms with van der Waals surface area (Å²) in [4.78, 5) is 32.6. The van der Waals surface area contributed by atoms with Crippen molar-refractivity contribution in [2.24, 2.45) is 5.92 Å². The van der Waals surface area contributed by atoms with Crippen molar-refractivity contribution in [3.8, 4) is 0 Å². The molecule has 1 aliphatic rings. The van der Waals surface area contributed by atoms with Crippen LogP contribution in [-0.4, -0.2) is 38.7 Å². The molecule has 1 aromatic carbocycles. The van der Waals surface area contributed by atoms with Gasteiger partial charge in [0.15, 0.2) is 5.16 Å². The summed E-state index contributed by atoms with van der Waals surface area (Å²) in [6.07, 6.45) is 4.33. The molecule has 0 N–H and O–H groups in total. The van der Waals surface area contributed by atoms with Crippen LogP contribution >= 0.6 is 23.4 Å². The van der Waals surface area contributed by atoms with Crippen molar-refractivity contribution in [2.75, 3.05) is 12.3 Å². The first kappa shape index (κ1) is 21.2. The first-order valence-corrected chi connectivity index (χ1v) is 11.4. The lowest BCUT2D eigenvalue weighted by Crippen LogP contribution is -2.44. The Hall–Kier alpha value is -1.53. The predicted octanol–water partition coefficient (Wildman–Crippen LogP) is 4.59. The number of carbonyl (C=O) groups excluding carboxylic acids is 1. The molecule has 1 atom stereocenters. The van der Waals surface area contributed by atoms with Crippen LogP contribution in [0.2, 0.25) is 5.02 Å². The zero-order chi connectivity index (χ0) is 20.3. The second-order valence-electron chi connectivity index (χ2n) is 7.80. The minimum absolute atomic E-state index is 0.0967. The van der Waals surface area contributed by atoms with Gasteiger partial charge in [0.25, 0.3) is 5.56 Å². The molecule has 1 amide bonds. The number of benzene rings is 1. The van der Waals surface area contributed by atoms with Crippen molar-refractivity contribution in [1.29, 1.82) is 0 Å². The normalized spacial score (nSPS) is 17.5. The number of fused-ring (bicyclic) bond motifs is 1. The number of hydrogen-bond donors (Lipinski definition) is 0. The van der Waals surface area contributed by atoms with E-state index >= 15 is 0 Å². The van der Waals surface area contributed by atoms with Gasteiger partial charge in [0.05, 0.1) is 16.7 Å². The smallest absolute Gasteiger partial charge is 0.262 e. The monoisotopic (exact) mass is 421 g/mol. The fourth-order valence-electron chi connectivity index (χ4n) is 3.77. The van der Waals surface area contributed by atoms with Crippen LogP contribution < -0.4 is 5.56 Å². The van der Waals surface area contributed by atoms with Crippen LogP contribution in [0, 0.1) is 5.92 Å². The summed E-state index contributed by atoms with van der Waals surface area (Å²) in [6.45, 7) is 7.66. The van der Waals surface area contributed by atoms with Crippen molar-refractivity contribution in [1.82, 2.24) is 14.5 Å². The van der Waals surface area contributed by atoms with E-state index in [0.717, 1.165) is 25.8 Å². The van der Waals surface area contributed by atoms with E-state index in [1.165, 1.54) is 18.2 Å². The van der Waals surface area contributed by atoms with E-state index in [9.17, 15) is 9.59 Å². The number of thioether (sulfide) groups is 1. The summed E-state index contributed by atoms with van der Waals surface area (Å²) in [7, 11) is 0. The third-order valence-corrected chi connectivity index (χ3v) is 6.37. The van der Waals surface area contributed by atoms with Crippen molar-refractivity contribution in [3.63, 3.8) is 0 Å². The number of carbonyl (C=O) groups is 1. The minimum Gasteiger partial charge on any atom is -0.339 e. The highest BCUT2D eigenvalue weighted by Crippen LogP contribution is 2.24. The summed E-state index contributed by atoms with van der Waals surface area (Å²) < 4.78 is 1.69. The lowest BCUT2D eigenvalue weighted by atomic mass is 10.0. The fourth-order valence-corrected chi connectivity index (χ4v) is 4.84. The molecule has 2 heterocycles. The van der Waals surface area contributed by atoms with Crippen LogP contribution in [0.15, 0.2) is 28.2 Å². The van der Waals surface area contributed by atoms with Gasteiger partial charge in [0.2, 0.25) is 5.91 Å². The van der Waals surface area contributed by atoms with Crippen LogP contribution in [0.5, 0.6) is 0 Å². The molecule has 28 heavy (non-hydrogen) atoms. The maximum absolute atomic E-state index is 13.0. The average Bonchev–Trinajstić information content (AvgIpc) is 2.68. The predicted molar refractivity (Wildman–Crippen MR) is 116 cm³/mol. The lowest BCUT2D eigenvalue weighted by Gasteiger charge is -2.35. The number of likely N-dealkylation sites (tertiary alicyclic amines) is 1. The third kappa shape index (κ3) is 4.71. The Balaban J connectivity index is 1.88. The Morgan fingerprint density at radius 2 is 2.14 bits per heavy atom. The molecule has 5 nitrogen and oxygen atoms in total. The van der Waals surface area contributed by atoms with Gasteiger partial charge in [-0.15, -0.1) is 0 Å². The van der Waals surface area contributed by atoms with Crippen LogP contribution in [0.1, 0.15) is 46.5 Å². The molecule has 0 saturated carbocycles. The van der Waals surface area contributed by atoms with Crippen LogP contribution in [-0.2, 0) is 11.3 Å². The van der Waals surface area contributed by atoms with E-state index in [0.29, 0.717) is 39.4 Å². The van der Waals surface area contributed by atoms with Gasteiger partial charge in [-0.2, -0.15) is 0 Å². The molecule has 3 rings (SSSR count). The quantitative estimate of drug-likeness (QED) is 0.505. The number of halogens is 1. The van der Waals surface area contributed by atoms with Gasteiger partial charge in [-0.1, -0.05) is 44.1 Å². The molecule has 1 unspecified atom stereocenters. The number of aromatic nitrogens is 2. The Morgan fingerprint density at radius 1 is 1.36 bits per heavy atom. The first-order valence-electron chi connectivity index (χ1n) is 10.0. The maximum Gasteiger partial charge on any atom is 0.262 e. The van der Waals surface area contributed by atoms with Gasteiger partial charge in [-0.05, 0) is 49.8 Å². The molecule has 1 aliphatic heterocycles. The highest BCUT2D eigenvalue weighted by Gasteiger charge is 2.25. The molecule has 0 radical (unpaired) electrons. The van der Waals surface area contributed by atoms with Crippen LogP contribution in [0.4, 0.5) is 0 Å². The van der Waals surface area contributed by atoms with Gasteiger partial charge in [0, 0.05) is 24.2 Å². The molecule has 152 valence electrons. The highest BCUT2D eigenvalue weighted by molar-refractivity contribution is 7.99. The minimum atomic E-state index is -0.0967. The Labute approximate surface area is 175 Å². The SMILES string of the molecule is CCC1CCCCN1C(=O)CSc1nc2ccc(Cl)cc2c(=O)n1CC(C)C. The second kappa shape index (κ2) is 9.31. The summed E-state index contributed by atoms with van der Waals surface area (Å²) in [6, 6.07) is 5.51. The number of amides is 1. The molecule has 1 saturated heterocycles. The average molecular weight is 422 g/mol. The van der Waals surface area contributed by atoms with Gasteiger partial charge >= 0.3 is 0 Å². The Bertz CT molecular complexity index is 912. The number of rotatable bonds is 6. The Kier molecular flexibility index (Phi) is 7.05. The standard InChI is InChI=1S/C21H28ClN3O2S/c1-4-16-7-5-6-10-24(16)19(26)13-28-21-23-18-9-8-15(22)11-17(18)20(27)25(21)12-14(2)3/h8-9,11,14,16H,4-7,10,12-13H2,1-3H3. The number of hydrogen-bond acceptors (Lipinski definition) is 4. The van der Waals surface area contributed by atoms with E-state index in [1.54, 1.807) is 22.8 Å². The summed E-state index contributed by atoms with van der Waals surface area (Å²) in [5.74, 6) is 0.732. The van der Waals surface area contributed by atoms with E-state index in [2.05, 4.69) is 25.8 Å². The van der Waals surface area contributed by atoms with Crippen molar-refractivity contribution < 1.29 is 4.79 Å². The van der Waals surface area contributed by atoms with E-state index in [-0.39, 0.29) is 17.4 Å². The Morgan fingerprint density at radius 3 is 2.86 bits per heavy atom. The fraction of sp³-hybridized carbons (Fsp3) is 0.571. The van der Waals surface area contributed by atoms with Crippen molar-refractivity contribution in [3.05, 3.63) is 33.6 Å². The molecule has 1 fully saturated rings. The van der Waals surface area contributed by atoms with Crippen molar-refractivity contribution >= 4 is 40.2 Å². The number of piperidine rings is 1. The highest BCUT2D eigenvalue weighted by atomic mass is 35.5. The van der Waals surface area contributed by atoms with Gasteiger partial charge < -0.3 is 4.90 Å². The summed E-state index contributed by atoms with van der Waals surface area (Å²) >= 11 is 7.44.